The van der Waals surface area contributed by atoms with Crippen LogP contribution in [0.5, 0.6) is 11.5 Å². The third-order valence-electron chi connectivity index (χ3n) is 6.47. The van der Waals surface area contributed by atoms with Crippen LogP contribution < -0.4 is 9.47 Å². The topological polar surface area (TPSA) is 59.0 Å². The number of hydrogen-bond acceptors (Lipinski definition) is 5. The van der Waals surface area contributed by atoms with Crippen molar-refractivity contribution in [1.29, 1.82) is 0 Å². The molecule has 5 heteroatoms. The molecule has 0 saturated carbocycles. The zero-order valence-corrected chi connectivity index (χ0v) is 19.0. The highest BCUT2D eigenvalue weighted by Gasteiger charge is 2.35. The summed E-state index contributed by atoms with van der Waals surface area (Å²) in [5, 5.41) is 11.1. The minimum atomic E-state index is -0.827. The van der Waals surface area contributed by atoms with Gasteiger partial charge in [0.05, 0.1) is 18.8 Å². The smallest absolute Gasteiger partial charge is 0.161 e. The van der Waals surface area contributed by atoms with Gasteiger partial charge in [-0.15, -0.1) is 0 Å². The fraction of sp³-hybridized carbons (Fsp3) is 0.321. The molecule has 0 spiro atoms. The van der Waals surface area contributed by atoms with Crippen molar-refractivity contribution in [2.24, 2.45) is 0 Å². The fourth-order valence-electron chi connectivity index (χ4n) is 4.46. The predicted molar refractivity (Wildman–Crippen MR) is 128 cm³/mol. The molecule has 1 saturated heterocycles. The Bertz CT molecular complexity index is 1030. The summed E-state index contributed by atoms with van der Waals surface area (Å²) >= 11 is 0. The average molecular weight is 446 g/mol. The Kier molecular flexibility index (Phi) is 7.43. The maximum absolute atomic E-state index is 12.0. The van der Waals surface area contributed by atoms with Crippen LogP contribution in [0.2, 0.25) is 0 Å². The van der Waals surface area contributed by atoms with Gasteiger partial charge < -0.3 is 19.4 Å². The molecular weight excluding hydrogens is 414 g/mol. The number of piperidine rings is 1. The van der Waals surface area contributed by atoms with Gasteiger partial charge in [-0.05, 0) is 48.1 Å². The molecule has 1 atom stereocenters. The molecular formula is C28H31NO4. The van der Waals surface area contributed by atoms with E-state index in [0.717, 1.165) is 23.0 Å². The number of carbonyl (C=O) groups is 1. The van der Waals surface area contributed by atoms with Crippen LogP contribution >= 0.6 is 0 Å². The normalized spacial score (nSPS) is 16.7. The minimum absolute atomic E-state index is 0.244. The van der Waals surface area contributed by atoms with Crippen molar-refractivity contribution in [3.05, 3.63) is 95.6 Å². The molecule has 0 radical (unpaired) electrons. The maximum Gasteiger partial charge on any atom is 0.161 e. The highest BCUT2D eigenvalue weighted by atomic mass is 16.5. The molecule has 1 heterocycles. The van der Waals surface area contributed by atoms with E-state index in [9.17, 15) is 9.90 Å². The molecule has 5 nitrogen and oxygen atoms in total. The van der Waals surface area contributed by atoms with Gasteiger partial charge in [-0.1, -0.05) is 66.7 Å². The Morgan fingerprint density at radius 3 is 2.24 bits per heavy atom. The highest BCUT2D eigenvalue weighted by molar-refractivity contribution is 5.59. The number of benzene rings is 3. The second kappa shape index (κ2) is 10.6. The van der Waals surface area contributed by atoms with Crippen molar-refractivity contribution in [2.45, 2.75) is 37.5 Å². The van der Waals surface area contributed by atoms with Gasteiger partial charge in [-0.2, -0.15) is 0 Å². The first kappa shape index (κ1) is 23.0. The highest BCUT2D eigenvalue weighted by Crippen LogP contribution is 2.34. The zero-order valence-electron chi connectivity index (χ0n) is 19.0. The monoisotopic (exact) mass is 445 g/mol. The summed E-state index contributed by atoms with van der Waals surface area (Å²) in [6.07, 6.45) is 2.82. The van der Waals surface area contributed by atoms with Crippen molar-refractivity contribution in [3.8, 4) is 11.5 Å². The number of ether oxygens (including phenoxy) is 2. The summed E-state index contributed by atoms with van der Waals surface area (Å²) in [7, 11) is 1.63. The molecule has 3 aromatic rings. The van der Waals surface area contributed by atoms with Crippen molar-refractivity contribution in [2.75, 3.05) is 20.2 Å². The van der Waals surface area contributed by atoms with Gasteiger partial charge in [0.2, 0.25) is 0 Å². The fourth-order valence-corrected chi connectivity index (χ4v) is 4.46. The summed E-state index contributed by atoms with van der Waals surface area (Å²) in [4.78, 5) is 14.1. The Labute approximate surface area is 195 Å². The molecule has 0 aliphatic carbocycles. The molecule has 0 bridgehead atoms. The third-order valence-corrected chi connectivity index (χ3v) is 6.47. The Morgan fingerprint density at radius 2 is 1.61 bits per heavy atom. The maximum atomic E-state index is 12.0. The first-order valence-electron chi connectivity index (χ1n) is 11.4. The van der Waals surface area contributed by atoms with Gasteiger partial charge >= 0.3 is 0 Å². The van der Waals surface area contributed by atoms with E-state index in [1.807, 2.05) is 78.9 Å². The van der Waals surface area contributed by atoms with Crippen molar-refractivity contribution in [1.82, 2.24) is 4.90 Å². The van der Waals surface area contributed by atoms with Gasteiger partial charge in [0.25, 0.3) is 0 Å². The Balaban J connectivity index is 1.38. The van der Waals surface area contributed by atoms with Crippen LogP contribution in [0.15, 0.2) is 78.9 Å². The molecule has 172 valence electrons. The van der Waals surface area contributed by atoms with E-state index < -0.39 is 5.60 Å². The molecule has 0 amide bonds. The summed E-state index contributed by atoms with van der Waals surface area (Å²) < 4.78 is 11.5. The number of aliphatic hydroxyl groups is 1. The SMILES string of the molecule is COc1cc(CC(C=O)N2CCC(O)(c3ccccc3)CC2)ccc1OCc1ccccc1. The second-order valence-electron chi connectivity index (χ2n) is 8.60. The summed E-state index contributed by atoms with van der Waals surface area (Å²) in [5.74, 6) is 1.34. The zero-order chi connectivity index (χ0) is 23.1. The number of hydrogen-bond donors (Lipinski definition) is 1. The number of carbonyl (C=O) groups excluding carboxylic acids is 1. The first-order chi connectivity index (χ1) is 16.1. The van der Waals surface area contributed by atoms with Crippen LogP contribution in [0.1, 0.15) is 29.5 Å². The molecule has 3 aromatic carbocycles. The lowest BCUT2D eigenvalue weighted by Crippen LogP contribution is -2.48. The summed E-state index contributed by atoms with van der Waals surface area (Å²) in [6, 6.07) is 25.4. The third kappa shape index (κ3) is 5.62. The average Bonchev–Trinajstić information content (AvgIpc) is 2.88. The number of methoxy groups -OCH3 is 1. The van der Waals surface area contributed by atoms with Crippen molar-refractivity contribution < 1.29 is 19.4 Å². The molecule has 1 N–H and O–H groups in total. The van der Waals surface area contributed by atoms with Crippen LogP contribution in [-0.2, 0) is 23.4 Å². The lowest BCUT2D eigenvalue weighted by Gasteiger charge is -2.40. The summed E-state index contributed by atoms with van der Waals surface area (Å²) in [5.41, 5.74) is 2.22. The molecule has 1 unspecified atom stereocenters. The lowest BCUT2D eigenvalue weighted by atomic mass is 9.84. The van der Waals surface area contributed by atoms with Gasteiger partial charge in [0, 0.05) is 13.1 Å². The molecule has 33 heavy (non-hydrogen) atoms. The molecule has 4 rings (SSSR count). The Morgan fingerprint density at radius 1 is 0.939 bits per heavy atom. The number of nitrogens with zero attached hydrogens (tertiary/aromatic N) is 1. The second-order valence-corrected chi connectivity index (χ2v) is 8.60. The van der Waals surface area contributed by atoms with E-state index in [1.54, 1.807) is 7.11 Å². The van der Waals surface area contributed by atoms with Gasteiger partial charge in [-0.25, -0.2) is 0 Å². The Hall–Kier alpha value is -3.15. The number of rotatable bonds is 9. The van der Waals surface area contributed by atoms with Crippen LogP contribution in [0.4, 0.5) is 0 Å². The van der Waals surface area contributed by atoms with E-state index >= 15 is 0 Å². The van der Waals surface area contributed by atoms with Crippen molar-refractivity contribution in [3.63, 3.8) is 0 Å². The molecule has 1 aliphatic rings. The van der Waals surface area contributed by atoms with E-state index in [0.29, 0.717) is 50.5 Å². The van der Waals surface area contributed by atoms with Crippen LogP contribution in [-0.4, -0.2) is 42.5 Å². The number of likely N-dealkylation sites (tertiary alicyclic amines) is 1. The molecule has 0 aromatic heterocycles. The van der Waals surface area contributed by atoms with Crippen molar-refractivity contribution >= 4 is 6.29 Å². The van der Waals surface area contributed by atoms with E-state index in [1.165, 1.54) is 0 Å². The molecule has 1 fully saturated rings. The van der Waals surface area contributed by atoms with Crippen LogP contribution in [0.3, 0.4) is 0 Å². The number of aldehydes is 1. The van der Waals surface area contributed by atoms with E-state index in [-0.39, 0.29) is 6.04 Å². The van der Waals surface area contributed by atoms with Gasteiger partial charge in [0.15, 0.2) is 11.5 Å². The van der Waals surface area contributed by atoms with Crippen LogP contribution in [0.25, 0.3) is 0 Å². The molecule has 1 aliphatic heterocycles. The predicted octanol–water partition coefficient (Wildman–Crippen LogP) is 4.37. The standard InChI is InChI=1S/C28H31NO4/c1-32-27-19-23(12-13-26(27)33-21-22-8-4-2-5-9-22)18-25(20-30)29-16-14-28(31,15-17-29)24-10-6-3-7-11-24/h2-13,19-20,25,31H,14-18,21H2,1H3. The van der Waals surface area contributed by atoms with E-state index in [2.05, 4.69) is 4.90 Å². The largest absolute Gasteiger partial charge is 0.493 e. The van der Waals surface area contributed by atoms with E-state index in [4.69, 9.17) is 9.47 Å². The first-order valence-corrected chi connectivity index (χ1v) is 11.4. The van der Waals surface area contributed by atoms with Crippen LogP contribution in [0, 0.1) is 0 Å². The quantitative estimate of drug-likeness (QED) is 0.496. The van der Waals surface area contributed by atoms with Gasteiger partial charge in [-0.3, -0.25) is 4.90 Å². The minimum Gasteiger partial charge on any atom is -0.493 e. The lowest BCUT2D eigenvalue weighted by molar-refractivity contribution is -0.114. The van der Waals surface area contributed by atoms with Gasteiger partial charge in [0.1, 0.15) is 12.9 Å². The summed E-state index contributed by atoms with van der Waals surface area (Å²) in [6.45, 7) is 1.81.